The third-order valence-electron chi connectivity index (χ3n) is 4.44. The lowest BCUT2D eigenvalue weighted by Gasteiger charge is -2.40. The quantitative estimate of drug-likeness (QED) is 0.857. The second-order valence-electron chi connectivity index (χ2n) is 5.57. The van der Waals surface area contributed by atoms with E-state index >= 15 is 0 Å². The van der Waals surface area contributed by atoms with Gasteiger partial charge >= 0.3 is 0 Å². The Balaban J connectivity index is 1.78. The number of aromatic nitrogens is 2. The fourth-order valence-corrected chi connectivity index (χ4v) is 5.26. The SMILES string of the molecule is CCC1(CC)CN(c2nc(C3CC3)ns2)CCS1=O. The highest BCUT2D eigenvalue weighted by molar-refractivity contribution is 7.86. The molecule has 2 heterocycles. The Kier molecular flexibility index (Phi) is 3.64. The fraction of sp³-hybridized carbons (Fsp3) is 0.846. The Bertz CT molecular complexity index is 480. The van der Waals surface area contributed by atoms with Crippen LogP contribution in [0.15, 0.2) is 0 Å². The smallest absolute Gasteiger partial charge is 0.205 e. The van der Waals surface area contributed by atoms with E-state index in [9.17, 15) is 4.21 Å². The maximum atomic E-state index is 12.3. The van der Waals surface area contributed by atoms with E-state index in [0.29, 0.717) is 5.92 Å². The molecule has 0 amide bonds. The average molecular weight is 299 g/mol. The van der Waals surface area contributed by atoms with Crippen LogP contribution in [-0.2, 0) is 10.8 Å². The summed E-state index contributed by atoms with van der Waals surface area (Å²) >= 11 is 1.51. The summed E-state index contributed by atoms with van der Waals surface area (Å²) in [4.78, 5) is 6.99. The van der Waals surface area contributed by atoms with Gasteiger partial charge in [0.2, 0.25) is 5.13 Å². The van der Waals surface area contributed by atoms with Gasteiger partial charge in [-0.2, -0.15) is 4.37 Å². The third-order valence-corrected chi connectivity index (χ3v) is 7.46. The Morgan fingerprint density at radius 3 is 2.79 bits per heavy atom. The van der Waals surface area contributed by atoms with Crippen molar-refractivity contribution in [1.29, 1.82) is 0 Å². The number of hydrogen-bond donors (Lipinski definition) is 0. The van der Waals surface area contributed by atoms with Crippen LogP contribution in [0.1, 0.15) is 51.3 Å². The molecular weight excluding hydrogens is 278 g/mol. The van der Waals surface area contributed by atoms with Crippen molar-refractivity contribution in [2.24, 2.45) is 0 Å². The molecular formula is C13H21N3OS2. The molecule has 1 saturated heterocycles. The molecule has 0 N–H and O–H groups in total. The predicted molar refractivity (Wildman–Crippen MR) is 80.4 cm³/mol. The number of hydrogen-bond acceptors (Lipinski definition) is 5. The molecule has 19 heavy (non-hydrogen) atoms. The Labute approximate surface area is 121 Å². The molecule has 0 spiro atoms. The summed E-state index contributed by atoms with van der Waals surface area (Å²) < 4.78 is 16.8. The standard InChI is InChI=1S/C13H21N3OS2/c1-3-13(4-2)9-16(7-8-19(13)17)12-14-11(15-18-12)10-5-6-10/h10H,3-9H2,1-2H3. The molecule has 0 radical (unpaired) electrons. The summed E-state index contributed by atoms with van der Waals surface area (Å²) in [6.07, 6.45) is 4.43. The zero-order valence-electron chi connectivity index (χ0n) is 11.6. The second-order valence-corrected chi connectivity index (χ2v) is 8.27. The van der Waals surface area contributed by atoms with Gasteiger partial charge in [0.1, 0.15) is 5.82 Å². The number of anilines is 1. The van der Waals surface area contributed by atoms with Crippen molar-refractivity contribution in [3.05, 3.63) is 5.82 Å². The summed E-state index contributed by atoms with van der Waals surface area (Å²) in [5.41, 5.74) is 0. The maximum absolute atomic E-state index is 12.3. The summed E-state index contributed by atoms with van der Waals surface area (Å²) in [6, 6.07) is 0. The first-order valence-electron chi connectivity index (χ1n) is 7.15. The van der Waals surface area contributed by atoms with Crippen LogP contribution in [0.3, 0.4) is 0 Å². The molecule has 6 heteroatoms. The van der Waals surface area contributed by atoms with Crippen molar-refractivity contribution >= 4 is 27.5 Å². The van der Waals surface area contributed by atoms with E-state index in [4.69, 9.17) is 0 Å². The topological polar surface area (TPSA) is 46.1 Å². The van der Waals surface area contributed by atoms with Crippen LogP contribution >= 0.6 is 11.5 Å². The van der Waals surface area contributed by atoms with E-state index in [1.54, 1.807) is 0 Å². The van der Waals surface area contributed by atoms with Crippen LogP contribution in [0.5, 0.6) is 0 Å². The first-order chi connectivity index (χ1) is 9.18. The zero-order chi connectivity index (χ0) is 13.5. The molecule has 2 fully saturated rings. The molecule has 1 aromatic heterocycles. The molecule has 1 atom stereocenters. The Morgan fingerprint density at radius 2 is 2.16 bits per heavy atom. The van der Waals surface area contributed by atoms with E-state index in [1.807, 2.05) is 0 Å². The summed E-state index contributed by atoms with van der Waals surface area (Å²) in [7, 11) is -0.706. The van der Waals surface area contributed by atoms with E-state index in [1.165, 1.54) is 24.4 Å². The van der Waals surface area contributed by atoms with Crippen molar-refractivity contribution in [1.82, 2.24) is 9.36 Å². The van der Waals surface area contributed by atoms with E-state index in [0.717, 1.165) is 42.6 Å². The molecule has 0 bridgehead atoms. The Hall–Kier alpha value is -0.490. The van der Waals surface area contributed by atoms with Crippen molar-refractivity contribution in [3.8, 4) is 0 Å². The summed E-state index contributed by atoms with van der Waals surface area (Å²) in [5.74, 6) is 2.41. The van der Waals surface area contributed by atoms with E-state index < -0.39 is 10.8 Å². The lowest BCUT2D eigenvalue weighted by molar-refractivity contribution is 0.496. The maximum Gasteiger partial charge on any atom is 0.205 e. The largest absolute Gasteiger partial charge is 0.344 e. The van der Waals surface area contributed by atoms with Crippen LogP contribution in [0.4, 0.5) is 5.13 Å². The minimum Gasteiger partial charge on any atom is -0.344 e. The van der Waals surface area contributed by atoms with Crippen LogP contribution < -0.4 is 4.90 Å². The van der Waals surface area contributed by atoms with E-state index in [-0.39, 0.29) is 4.75 Å². The van der Waals surface area contributed by atoms with Gasteiger partial charge in [-0.15, -0.1) is 0 Å². The summed E-state index contributed by atoms with van der Waals surface area (Å²) in [6.45, 7) is 6.03. The van der Waals surface area contributed by atoms with Crippen molar-refractivity contribution in [2.75, 3.05) is 23.7 Å². The normalized spacial score (nSPS) is 26.6. The van der Waals surface area contributed by atoms with Crippen LogP contribution in [0.2, 0.25) is 0 Å². The zero-order valence-corrected chi connectivity index (χ0v) is 13.2. The molecule has 1 saturated carbocycles. The third kappa shape index (κ3) is 2.44. The molecule has 2 aliphatic rings. The monoisotopic (exact) mass is 299 g/mol. The average Bonchev–Trinajstić information content (AvgIpc) is 3.18. The predicted octanol–water partition coefficient (Wildman–Crippen LogP) is 2.54. The van der Waals surface area contributed by atoms with Gasteiger partial charge in [-0.25, -0.2) is 4.98 Å². The molecule has 4 nitrogen and oxygen atoms in total. The molecule has 1 aromatic rings. The van der Waals surface area contributed by atoms with Crippen molar-refractivity contribution < 1.29 is 4.21 Å². The van der Waals surface area contributed by atoms with Crippen molar-refractivity contribution in [2.45, 2.75) is 50.2 Å². The first kappa shape index (κ1) is 13.5. The van der Waals surface area contributed by atoms with Gasteiger partial charge in [0.25, 0.3) is 0 Å². The van der Waals surface area contributed by atoms with Gasteiger partial charge in [-0.1, -0.05) is 13.8 Å². The van der Waals surface area contributed by atoms with Gasteiger partial charge < -0.3 is 4.90 Å². The minimum atomic E-state index is -0.706. The minimum absolute atomic E-state index is 0.0519. The Morgan fingerprint density at radius 1 is 1.42 bits per heavy atom. The lowest BCUT2D eigenvalue weighted by atomic mass is 10.0. The van der Waals surface area contributed by atoms with Gasteiger partial charge in [-0.3, -0.25) is 4.21 Å². The van der Waals surface area contributed by atoms with Crippen molar-refractivity contribution in [3.63, 3.8) is 0 Å². The molecule has 1 aliphatic heterocycles. The number of nitrogens with zero attached hydrogens (tertiary/aromatic N) is 3. The van der Waals surface area contributed by atoms with Crippen LogP contribution in [0.25, 0.3) is 0 Å². The fourth-order valence-electron chi connectivity index (χ4n) is 2.73. The summed E-state index contributed by atoms with van der Waals surface area (Å²) in [5, 5.41) is 1.03. The number of rotatable bonds is 4. The molecule has 106 valence electrons. The molecule has 1 aliphatic carbocycles. The highest BCUT2D eigenvalue weighted by atomic mass is 32.2. The van der Waals surface area contributed by atoms with Gasteiger partial charge in [-0.05, 0) is 25.7 Å². The first-order valence-corrected chi connectivity index (χ1v) is 9.25. The van der Waals surface area contributed by atoms with Gasteiger partial charge in [0, 0.05) is 47.1 Å². The van der Waals surface area contributed by atoms with Gasteiger partial charge in [0.05, 0.1) is 4.75 Å². The van der Waals surface area contributed by atoms with Crippen LogP contribution in [0, 0.1) is 0 Å². The van der Waals surface area contributed by atoms with Gasteiger partial charge in [0.15, 0.2) is 0 Å². The molecule has 3 rings (SSSR count). The van der Waals surface area contributed by atoms with E-state index in [2.05, 4.69) is 28.1 Å². The highest BCUT2D eigenvalue weighted by Gasteiger charge is 2.40. The molecule has 1 unspecified atom stereocenters. The second kappa shape index (κ2) is 5.13. The van der Waals surface area contributed by atoms with Crippen LogP contribution in [-0.4, -0.2) is 37.2 Å². The highest BCUT2D eigenvalue weighted by Crippen LogP contribution is 2.40. The molecule has 0 aromatic carbocycles. The lowest BCUT2D eigenvalue weighted by Crippen LogP contribution is -2.53.